The summed E-state index contributed by atoms with van der Waals surface area (Å²) >= 11 is 0. The van der Waals surface area contributed by atoms with Gasteiger partial charge < -0.3 is 15.1 Å². The van der Waals surface area contributed by atoms with E-state index in [0.717, 1.165) is 28.4 Å². The first-order valence-electron chi connectivity index (χ1n) is 12.0. The topological polar surface area (TPSA) is 69.7 Å². The highest BCUT2D eigenvalue weighted by Gasteiger charge is 2.30. The van der Waals surface area contributed by atoms with Gasteiger partial charge in [-0.05, 0) is 42.8 Å². The van der Waals surface area contributed by atoms with Crippen molar-refractivity contribution in [2.45, 2.75) is 45.7 Å². The van der Waals surface area contributed by atoms with Gasteiger partial charge in [-0.25, -0.2) is 0 Å². The van der Waals surface area contributed by atoms with E-state index in [9.17, 15) is 14.4 Å². The monoisotopic (exact) mass is 457 g/mol. The Hall–Kier alpha value is -3.67. The van der Waals surface area contributed by atoms with Gasteiger partial charge in [-0.1, -0.05) is 61.5 Å². The van der Waals surface area contributed by atoms with E-state index < -0.39 is 6.04 Å². The molecular weight excluding hydrogens is 426 g/mol. The average molecular weight is 458 g/mol. The number of amides is 3. The van der Waals surface area contributed by atoms with Gasteiger partial charge in [-0.2, -0.15) is 0 Å². The number of nitrogens with zero attached hydrogens (tertiary/aromatic N) is 2. The predicted octanol–water partition coefficient (Wildman–Crippen LogP) is 4.52. The van der Waals surface area contributed by atoms with Crippen LogP contribution in [0.15, 0.2) is 66.7 Å². The summed E-state index contributed by atoms with van der Waals surface area (Å²) in [4.78, 5) is 42.3. The van der Waals surface area contributed by atoms with Crippen LogP contribution in [0.4, 0.5) is 5.69 Å². The van der Waals surface area contributed by atoms with Crippen LogP contribution in [0.25, 0.3) is 10.8 Å². The molecule has 0 aliphatic carbocycles. The normalized spacial score (nSPS) is 13.2. The number of carbonyl (C=O) groups is 3. The van der Waals surface area contributed by atoms with Gasteiger partial charge >= 0.3 is 0 Å². The van der Waals surface area contributed by atoms with Crippen LogP contribution in [0.5, 0.6) is 0 Å². The molecule has 0 aromatic heterocycles. The molecule has 1 aliphatic heterocycles. The fraction of sp³-hybridized carbons (Fsp3) is 0.321. The number of anilines is 1. The van der Waals surface area contributed by atoms with E-state index in [4.69, 9.17) is 0 Å². The smallest absolute Gasteiger partial charge is 0.258 e. The maximum Gasteiger partial charge on any atom is 0.258 e. The minimum absolute atomic E-state index is 0.0206. The van der Waals surface area contributed by atoms with Gasteiger partial charge in [0.05, 0.1) is 5.69 Å². The number of rotatable bonds is 10. The Morgan fingerprint density at radius 3 is 2.47 bits per heavy atom. The zero-order valence-corrected chi connectivity index (χ0v) is 19.8. The SMILES string of the molecule is CCCNC(=O)[C@@H](C)N(Cc1ccccc1)C(=O)CCCN1C(=O)c2cccc3cccc1c23. The predicted molar refractivity (Wildman–Crippen MR) is 135 cm³/mol. The van der Waals surface area contributed by atoms with Crippen molar-refractivity contribution in [3.63, 3.8) is 0 Å². The zero-order valence-electron chi connectivity index (χ0n) is 19.8. The molecule has 1 atom stereocenters. The molecule has 6 nitrogen and oxygen atoms in total. The molecule has 1 N–H and O–H groups in total. The lowest BCUT2D eigenvalue weighted by molar-refractivity contribution is -0.140. The molecule has 0 radical (unpaired) electrons. The number of benzene rings is 3. The molecule has 4 rings (SSSR count). The van der Waals surface area contributed by atoms with Crippen molar-refractivity contribution in [3.05, 3.63) is 77.9 Å². The lowest BCUT2D eigenvalue weighted by Crippen LogP contribution is -2.47. The summed E-state index contributed by atoms with van der Waals surface area (Å²) in [6, 6.07) is 20.8. The summed E-state index contributed by atoms with van der Waals surface area (Å²) in [5.41, 5.74) is 2.59. The van der Waals surface area contributed by atoms with Crippen molar-refractivity contribution in [3.8, 4) is 0 Å². The van der Waals surface area contributed by atoms with Crippen LogP contribution in [0.3, 0.4) is 0 Å². The van der Waals surface area contributed by atoms with Crippen molar-refractivity contribution in [2.75, 3.05) is 18.0 Å². The molecule has 3 aromatic rings. The van der Waals surface area contributed by atoms with Gasteiger partial charge in [-0.3, -0.25) is 14.4 Å². The number of hydrogen-bond donors (Lipinski definition) is 1. The summed E-state index contributed by atoms with van der Waals surface area (Å²) < 4.78 is 0. The van der Waals surface area contributed by atoms with Gasteiger partial charge in [0, 0.05) is 37.0 Å². The van der Waals surface area contributed by atoms with E-state index in [-0.39, 0.29) is 24.1 Å². The Balaban J connectivity index is 1.44. The summed E-state index contributed by atoms with van der Waals surface area (Å²) in [6.45, 7) is 5.17. The second kappa shape index (κ2) is 10.5. The first-order valence-corrected chi connectivity index (χ1v) is 12.0. The molecule has 3 amide bonds. The van der Waals surface area contributed by atoms with Crippen molar-refractivity contribution in [1.29, 1.82) is 0 Å². The highest BCUT2D eigenvalue weighted by Crippen LogP contribution is 2.37. The molecule has 34 heavy (non-hydrogen) atoms. The molecule has 0 spiro atoms. The highest BCUT2D eigenvalue weighted by atomic mass is 16.2. The maximum absolute atomic E-state index is 13.3. The van der Waals surface area contributed by atoms with Gasteiger partial charge in [-0.15, -0.1) is 0 Å². The first kappa shape index (κ1) is 23.5. The van der Waals surface area contributed by atoms with Gasteiger partial charge in [0.25, 0.3) is 5.91 Å². The molecule has 0 saturated carbocycles. The standard InChI is InChI=1S/C28H31N3O3/c1-3-17-29-27(33)20(2)31(19-21-10-5-4-6-11-21)25(32)16-9-18-30-24-15-8-13-22-12-7-14-23(26(22)24)28(30)34/h4-8,10-15,20H,3,9,16-19H2,1-2H3,(H,29,33)/t20-/m1/s1. The number of carbonyl (C=O) groups excluding carboxylic acids is 3. The second-order valence-electron chi connectivity index (χ2n) is 8.72. The van der Waals surface area contributed by atoms with Gasteiger partial charge in [0.15, 0.2) is 0 Å². The summed E-state index contributed by atoms with van der Waals surface area (Å²) in [7, 11) is 0. The van der Waals surface area contributed by atoms with E-state index in [1.165, 1.54) is 0 Å². The molecule has 6 heteroatoms. The van der Waals surface area contributed by atoms with E-state index in [2.05, 4.69) is 5.32 Å². The third-order valence-corrected chi connectivity index (χ3v) is 6.33. The summed E-state index contributed by atoms with van der Waals surface area (Å²) in [5, 5.41) is 4.92. The Morgan fingerprint density at radius 2 is 1.74 bits per heavy atom. The van der Waals surface area contributed by atoms with Gasteiger partial charge in [0.1, 0.15) is 6.04 Å². The molecule has 0 saturated heterocycles. The van der Waals surface area contributed by atoms with Crippen molar-refractivity contribution < 1.29 is 14.4 Å². The van der Waals surface area contributed by atoms with Crippen molar-refractivity contribution in [1.82, 2.24) is 10.2 Å². The van der Waals surface area contributed by atoms with E-state index in [1.54, 1.807) is 16.7 Å². The van der Waals surface area contributed by atoms with E-state index >= 15 is 0 Å². The Bertz CT molecular complexity index is 1190. The van der Waals surface area contributed by atoms with Crippen LogP contribution in [-0.4, -0.2) is 41.8 Å². The molecule has 0 unspecified atom stereocenters. The van der Waals surface area contributed by atoms with Crippen molar-refractivity contribution in [2.24, 2.45) is 0 Å². The average Bonchev–Trinajstić information content (AvgIpc) is 3.14. The summed E-state index contributed by atoms with van der Waals surface area (Å²) in [5.74, 6) is -0.263. The van der Waals surface area contributed by atoms with Crippen LogP contribution in [0, 0.1) is 0 Å². The molecular formula is C28H31N3O3. The third-order valence-electron chi connectivity index (χ3n) is 6.33. The van der Waals surface area contributed by atoms with E-state index in [0.29, 0.717) is 31.6 Å². The minimum atomic E-state index is -0.578. The fourth-order valence-corrected chi connectivity index (χ4v) is 4.49. The molecule has 176 valence electrons. The first-order chi connectivity index (χ1) is 16.5. The van der Waals surface area contributed by atoms with Crippen LogP contribution < -0.4 is 10.2 Å². The molecule has 0 bridgehead atoms. The molecule has 0 fully saturated rings. The molecule has 1 aliphatic rings. The van der Waals surface area contributed by atoms with Crippen LogP contribution >= 0.6 is 0 Å². The van der Waals surface area contributed by atoms with E-state index in [1.807, 2.05) is 73.7 Å². The van der Waals surface area contributed by atoms with Crippen LogP contribution in [0.2, 0.25) is 0 Å². The highest BCUT2D eigenvalue weighted by molar-refractivity contribution is 6.25. The summed E-state index contributed by atoms with van der Waals surface area (Å²) in [6.07, 6.45) is 1.61. The molecule has 3 aromatic carbocycles. The number of nitrogens with one attached hydrogen (secondary N) is 1. The second-order valence-corrected chi connectivity index (χ2v) is 8.72. The lowest BCUT2D eigenvalue weighted by atomic mass is 10.1. The fourth-order valence-electron chi connectivity index (χ4n) is 4.49. The zero-order chi connectivity index (χ0) is 24.1. The Labute approximate surface area is 200 Å². The maximum atomic E-state index is 13.3. The largest absolute Gasteiger partial charge is 0.354 e. The quantitative estimate of drug-likeness (QED) is 0.487. The number of hydrogen-bond acceptors (Lipinski definition) is 3. The van der Waals surface area contributed by atoms with Crippen LogP contribution in [-0.2, 0) is 16.1 Å². The van der Waals surface area contributed by atoms with Gasteiger partial charge in [0.2, 0.25) is 11.8 Å². The molecule has 1 heterocycles. The van der Waals surface area contributed by atoms with Crippen molar-refractivity contribution >= 4 is 34.2 Å². The Kier molecular flexibility index (Phi) is 7.26. The lowest BCUT2D eigenvalue weighted by Gasteiger charge is -2.29. The van der Waals surface area contributed by atoms with Crippen LogP contribution in [0.1, 0.15) is 49.0 Å². The third kappa shape index (κ3) is 4.81. The Morgan fingerprint density at radius 1 is 1.00 bits per heavy atom. The minimum Gasteiger partial charge on any atom is -0.354 e.